The molecule has 0 aliphatic heterocycles. The van der Waals surface area contributed by atoms with E-state index >= 15 is 0 Å². The van der Waals surface area contributed by atoms with Gasteiger partial charge in [-0.1, -0.05) is 13.8 Å². The van der Waals surface area contributed by atoms with Gasteiger partial charge in [-0.2, -0.15) is 13.2 Å². The van der Waals surface area contributed by atoms with Crippen LogP contribution in [0.1, 0.15) is 13.8 Å². The van der Waals surface area contributed by atoms with E-state index in [1.807, 2.05) is 0 Å². The summed E-state index contributed by atoms with van der Waals surface area (Å²) in [7, 11) is -3.00. The van der Waals surface area contributed by atoms with Crippen LogP contribution < -0.4 is 0 Å². The van der Waals surface area contributed by atoms with Gasteiger partial charge in [-0.3, -0.25) is 4.57 Å². The van der Waals surface area contributed by atoms with Crippen molar-refractivity contribution in [3.05, 3.63) is 0 Å². The lowest BCUT2D eigenvalue weighted by Gasteiger charge is -2.15. The van der Waals surface area contributed by atoms with Gasteiger partial charge in [-0.05, 0) is 0 Å². The van der Waals surface area contributed by atoms with Crippen molar-refractivity contribution >= 4 is 7.37 Å². The number of hydrogen-bond acceptors (Lipinski definition) is 2. The summed E-state index contributed by atoms with van der Waals surface area (Å²) in [5.41, 5.74) is 0. The van der Waals surface area contributed by atoms with E-state index in [4.69, 9.17) is 0 Å². The maximum absolute atomic E-state index is 11.6. The zero-order chi connectivity index (χ0) is 9.83. The smallest absolute Gasteiger partial charge is 0.319 e. The first-order valence-electron chi connectivity index (χ1n) is 3.62. The maximum atomic E-state index is 11.6. The van der Waals surface area contributed by atoms with Gasteiger partial charge in [0, 0.05) is 12.3 Å². The molecule has 0 bridgehead atoms. The molecule has 0 saturated carbocycles. The minimum atomic E-state index is -4.39. The van der Waals surface area contributed by atoms with Crippen LogP contribution in [0, 0.1) is 0 Å². The zero-order valence-electron chi connectivity index (χ0n) is 7.02. The molecule has 0 spiro atoms. The van der Waals surface area contributed by atoms with Crippen molar-refractivity contribution in [2.24, 2.45) is 0 Å². The molecule has 0 unspecified atom stereocenters. The van der Waals surface area contributed by atoms with Gasteiger partial charge in [0.1, 0.15) is 6.61 Å². The van der Waals surface area contributed by atoms with Crippen LogP contribution in [0.3, 0.4) is 0 Å². The standard InChI is InChI=1S/C6H12F3O2P/c1-3-12(10,4-2)11-5-6(7,8)9/h3-5H2,1-2H3. The molecule has 0 aromatic heterocycles. The van der Waals surface area contributed by atoms with Crippen molar-refractivity contribution in [3.8, 4) is 0 Å². The van der Waals surface area contributed by atoms with Crippen molar-refractivity contribution in [2.45, 2.75) is 20.0 Å². The Kier molecular flexibility index (Phi) is 4.28. The molecule has 0 atom stereocenters. The first kappa shape index (κ1) is 12.0. The average Bonchev–Trinajstić information content (AvgIpc) is 1.99. The molecule has 6 heteroatoms. The molecule has 0 aliphatic rings. The van der Waals surface area contributed by atoms with Crippen LogP contribution in [0.5, 0.6) is 0 Å². The maximum Gasteiger partial charge on any atom is 0.412 e. The van der Waals surface area contributed by atoms with E-state index in [1.54, 1.807) is 13.8 Å². The number of rotatable bonds is 4. The predicted octanol–water partition coefficient (Wildman–Crippen LogP) is 2.88. The Labute approximate surface area is 69.6 Å². The van der Waals surface area contributed by atoms with Gasteiger partial charge < -0.3 is 4.52 Å². The number of alkyl halides is 3. The largest absolute Gasteiger partial charge is 0.412 e. The molecule has 0 radical (unpaired) electrons. The summed E-state index contributed by atoms with van der Waals surface area (Å²) in [5, 5.41) is 0. The normalized spacial score (nSPS) is 13.4. The van der Waals surface area contributed by atoms with Gasteiger partial charge in [0.05, 0.1) is 0 Å². The van der Waals surface area contributed by atoms with Crippen molar-refractivity contribution in [1.29, 1.82) is 0 Å². The molecule has 0 amide bonds. The second-order valence-electron chi connectivity index (χ2n) is 2.34. The molecule has 0 fully saturated rings. The van der Waals surface area contributed by atoms with E-state index in [1.165, 1.54) is 0 Å². The van der Waals surface area contributed by atoms with Crippen LogP contribution in [0.15, 0.2) is 0 Å². The Morgan fingerprint density at radius 2 is 1.67 bits per heavy atom. The summed E-state index contributed by atoms with van der Waals surface area (Å²) in [5.74, 6) is 0. The highest BCUT2D eigenvalue weighted by atomic mass is 31.2. The lowest BCUT2D eigenvalue weighted by atomic mass is 10.7. The highest BCUT2D eigenvalue weighted by Crippen LogP contribution is 2.46. The SMILES string of the molecule is CCP(=O)(CC)OCC(F)(F)F. The topological polar surface area (TPSA) is 26.3 Å². The van der Waals surface area contributed by atoms with E-state index in [0.29, 0.717) is 0 Å². The van der Waals surface area contributed by atoms with E-state index in [2.05, 4.69) is 4.52 Å². The second-order valence-corrected chi connectivity index (χ2v) is 5.49. The third kappa shape index (κ3) is 4.78. The van der Waals surface area contributed by atoms with Gasteiger partial charge >= 0.3 is 6.18 Å². The van der Waals surface area contributed by atoms with Gasteiger partial charge in [0.15, 0.2) is 0 Å². The van der Waals surface area contributed by atoms with E-state index in [9.17, 15) is 17.7 Å². The third-order valence-electron chi connectivity index (χ3n) is 1.43. The Morgan fingerprint density at radius 3 is 1.92 bits per heavy atom. The molecule has 12 heavy (non-hydrogen) atoms. The van der Waals surface area contributed by atoms with Crippen LogP contribution in [0.4, 0.5) is 13.2 Å². The molecule has 0 aromatic carbocycles. The fourth-order valence-electron chi connectivity index (χ4n) is 0.597. The van der Waals surface area contributed by atoms with Crippen LogP contribution in [-0.2, 0) is 9.09 Å². The molecular formula is C6H12F3O2P. The third-order valence-corrected chi connectivity index (χ3v) is 3.95. The van der Waals surface area contributed by atoms with Crippen LogP contribution in [0.2, 0.25) is 0 Å². The Morgan fingerprint density at radius 1 is 1.25 bits per heavy atom. The van der Waals surface area contributed by atoms with Crippen LogP contribution in [0.25, 0.3) is 0 Å². The first-order chi connectivity index (χ1) is 5.33. The Hall–Kier alpha value is -0.0200. The lowest BCUT2D eigenvalue weighted by molar-refractivity contribution is -0.153. The van der Waals surface area contributed by atoms with Crippen LogP contribution in [-0.4, -0.2) is 25.1 Å². The van der Waals surface area contributed by atoms with Crippen molar-refractivity contribution in [1.82, 2.24) is 0 Å². The second kappa shape index (κ2) is 4.28. The molecule has 0 aromatic rings. The van der Waals surface area contributed by atoms with Gasteiger partial charge in [-0.15, -0.1) is 0 Å². The van der Waals surface area contributed by atoms with Crippen molar-refractivity contribution < 1.29 is 22.3 Å². The minimum absolute atomic E-state index is 0.152. The number of halogens is 3. The Bertz CT molecular complexity index is 170. The van der Waals surface area contributed by atoms with Crippen molar-refractivity contribution in [3.63, 3.8) is 0 Å². The average molecular weight is 204 g/mol. The van der Waals surface area contributed by atoms with Crippen molar-refractivity contribution in [2.75, 3.05) is 18.9 Å². The Balaban J connectivity index is 3.99. The molecule has 0 rings (SSSR count). The summed E-state index contributed by atoms with van der Waals surface area (Å²) in [6.45, 7) is 1.70. The quantitative estimate of drug-likeness (QED) is 0.658. The highest BCUT2D eigenvalue weighted by molar-refractivity contribution is 7.58. The monoisotopic (exact) mass is 204 g/mol. The fraction of sp³-hybridized carbons (Fsp3) is 1.00. The highest BCUT2D eigenvalue weighted by Gasteiger charge is 2.31. The molecule has 0 heterocycles. The summed E-state index contributed by atoms with van der Waals surface area (Å²) >= 11 is 0. The van der Waals surface area contributed by atoms with E-state index in [-0.39, 0.29) is 12.3 Å². The number of hydrogen-bond donors (Lipinski definition) is 0. The molecule has 0 N–H and O–H groups in total. The minimum Gasteiger partial charge on any atom is -0.319 e. The summed E-state index contributed by atoms with van der Waals surface area (Å²) in [4.78, 5) is 0. The molecular weight excluding hydrogens is 192 g/mol. The summed E-state index contributed by atoms with van der Waals surface area (Å²) < 4.78 is 50.4. The van der Waals surface area contributed by atoms with Gasteiger partial charge in [0.25, 0.3) is 0 Å². The summed E-state index contributed by atoms with van der Waals surface area (Å²) in [6, 6.07) is 0. The molecule has 0 aliphatic carbocycles. The molecule has 0 saturated heterocycles. The predicted molar refractivity (Wildman–Crippen MR) is 40.7 cm³/mol. The summed E-state index contributed by atoms with van der Waals surface area (Å²) in [6.07, 6.45) is -4.08. The zero-order valence-corrected chi connectivity index (χ0v) is 7.91. The molecule has 2 nitrogen and oxygen atoms in total. The fourth-order valence-corrected chi connectivity index (χ4v) is 1.79. The van der Waals surface area contributed by atoms with Crippen LogP contribution >= 0.6 is 7.37 Å². The van der Waals surface area contributed by atoms with Gasteiger partial charge in [0.2, 0.25) is 7.37 Å². The van der Waals surface area contributed by atoms with Gasteiger partial charge in [-0.25, -0.2) is 0 Å². The lowest BCUT2D eigenvalue weighted by Crippen LogP contribution is -2.16. The van der Waals surface area contributed by atoms with E-state index in [0.717, 1.165) is 0 Å². The van der Waals surface area contributed by atoms with E-state index < -0.39 is 20.2 Å². The molecule has 74 valence electrons. The first-order valence-corrected chi connectivity index (χ1v) is 5.62.